The summed E-state index contributed by atoms with van der Waals surface area (Å²) < 4.78 is 29.3. The molecule has 2 fully saturated rings. The van der Waals surface area contributed by atoms with E-state index in [2.05, 4.69) is 41.2 Å². The second-order valence-electron chi connectivity index (χ2n) is 12.3. The zero-order chi connectivity index (χ0) is 26.5. The van der Waals surface area contributed by atoms with E-state index in [-0.39, 0.29) is 48.0 Å². The van der Waals surface area contributed by atoms with E-state index in [9.17, 15) is 18.4 Å². The van der Waals surface area contributed by atoms with Crippen molar-refractivity contribution in [3.8, 4) is 0 Å². The first-order valence-corrected chi connectivity index (χ1v) is 13.0. The van der Waals surface area contributed by atoms with Crippen LogP contribution in [0, 0.1) is 5.41 Å². The molecule has 1 N–H and O–H groups in total. The van der Waals surface area contributed by atoms with Crippen molar-refractivity contribution in [2.75, 3.05) is 44.2 Å². The zero-order valence-corrected chi connectivity index (χ0v) is 22.4. The van der Waals surface area contributed by atoms with Gasteiger partial charge in [-0.2, -0.15) is 13.9 Å². The number of aromatic nitrogens is 2. The Morgan fingerprint density at radius 3 is 2.58 bits per heavy atom. The summed E-state index contributed by atoms with van der Waals surface area (Å²) >= 11 is 0. The molecule has 3 aliphatic rings. The Morgan fingerprint density at radius 1 is 1.22 bits per heavy atom. The summed E-state index contributed by atoms with van der Waals surface area (Å²) in [6.07, 6.45) is 0.539. The van der Waals surface area contributed by atoms with Crippen LogP contribution >= 0.6 is 0 Å². The van der Waals surface area contributed by atoms with Gasteiger partial charge in [-0.1, -0.05) is 41.0 Å². The summed E-state index contributed by atoms with van der Waals surface area (Å²) in [6.45, 7) is 15.0. The summed E-state index contributed by atoms with van der Waals surface area (Å²) in [5.74, 6) is -3.08. The molecular formula is C26H40F2N6O2. The lowest BCUT2D eigenvalue weighted by Gasteiger charge is -2.41. The number of nitrogens with zero attached hydrogens (tertiary/aromatic N) is 5. The van der Waals surface area contributed by atoms with E-state index in [1.807, 2.05) is 18.7 Å². The Balaban J connectivity index is 1.54. The first-order valence-electron chi connectivity index (χ1n) is 13.0. The number of amides is 2. The van der Waals surface area contributed by atoms with E-state index >= 15 is 0 Å². The Kier molecular flexibility index (Phi) is 7.16. The van der Waals surface area contributed by atoms with Crippen molar-refractivity contribution in [3.63, 3.8) is 0 Å². The fourth-order valence-electron chi connectivity index (χ4n) is 5.74. The average molecular weight is 507 g/mol. The van der Waals surface area contributed by atoms with Crippen LogP contribution in [0.4, 0.5) is 14.5 Å². The monoisotopic (exact) mass is 506 g/mol. The van der Waals surface area contributed by atoms with E-state index in [1.165, 1.54) is 6.07 Å². The Bertz CT molecular complexity index is 1010. The largest absolute Gasteiger partial charge is 0.341 e. The third kappa shape index (κ3) is 5.39. The lowest BCUT2D eigenvalue weighted by Crippen LogP contribution is -2.61. The highest BCUT2D eigenvalue weighted by Gasteiger charge is 2.44. The summed E-state index contributed by atoms with van der Waals surface area (Å²) in [6, 6.07) is 1.55. The number of anilines is 1. The van der Waals surface area contributed by atoms with Crippen LogP contribution in [0.3, 0.4) is 0 Å². The molecule has 4 rings (SSSR count). The number of fused-ring (bicyclic) bond motifs is 1. The number of hydrogen-bond acceptors (Lipinski definition) is 6. The molecule has 0 aromatic carbocycles. The van der Waals surface area contributed by atoms with Crippen molar-refractivity contribution in [2.24, 2.45) is 5.41 Å². The van der Waals surface area contributed by atoms with Crippen molar-refractivity contribution >= 4 is 17.5 Å². The van der Waals surface area contributed by atoms with Gasteiger partial charge in [0.2, 0.25) is 11.8 Å². The molecule has 10 heteroatoms. The molecule has 0 aliphatic carbocycles. The van der Waals surface area contributed by atoms with Crippen LogP contribution in [-0.2, 0) is 20.9 Å². The molecule has 8 nitrogen and oxygen atoms in total. The predicted molar refractivity (Wildman–Crippen MR) is 134 cm³/mol. The van der Waals surface area contributed by atoms with Crippen molar-refractivity contribution in [1.82, 2.24) is 25.3 Å². The molecule has 2 saturated heterocycles. The van der Waals surface area contributed by atoms with Gasteiger partial charge < -0.3 is 15.1 Å². The predicted octanol–water partition coefficient (Wildman–Crippen LogP) is 2.91. The number of carbonyl (C=O) groups is 2. The molecule has 1 aromatic rings. The van der Waals surface area contributed by atoms with Gasteiger partial charge in [-0.15, -0.1) is 5.10 Å². The maximum atomic E-state index is 14.6. The van der Waals surface area contributed by atoms with Gasteiger partial charge in [-0.05, 0) is 18.4 Å². The molecule has 0 unspecified atom stereocenters. The molecule has 2 atom stereocenters. The molecule has 4 heterocycles. The van der Waals surface area contributed by atoms with Gasteiger partial charge in [-0.3, -0.25) is 14.5 Å². The van der Waals surface area contributed by atoms with E-state index in [0.717, 1.165) is 0 Å². The zero-order valence-electron chi connectivity index (χ0n) is 22.4. The summed E-state index contributed by atoms with van der Waals surface area (Å²) in [5.41, 5.74) is 0.0861. The minimum atomic E-state index is -3.09. The Hall–Kier alpha value is -2.20. The third-order valence-corrected chi connectivity index (χ3v) is 7.60. The SMILES string of the molecule is CCCC(F)(F)c1cc2c(nn1)C(C)(C)CN2C(=O)CN1C[C@@H](C)NC[C@@H]1CN1CC(C)(C)CC1=O. The maximum Gasteiger partial charge on any atom is 0.291 e. The minimum Gasteiger partial charge on any atom is -0.341 e. The van der Waals surface area contributed by atoms with Crippen LogP contribution in [0.2, 0.25) is 0 Å². The first kappa shape index (κ1) is 26.9. The maximum absolute atomic E-state index is 14.6. The van der Waals surface area contributed by atoms with Crippen LogP contribution in [0.15, 0.2) is 6.07 Å². The van der Waals surface area contributed by atoms with Crippen molar-refractivity contribution in [1.29, 1.82) is 0 Å². The molecule has 1 aromatic heterocycles. The highest BCUT2D eigenvalue weighted by molar-refractivity contribution is 5.97. The number of halogens is 2. The minimum absolute atomic E-state index is 0.00176. The van der Waals surface area contributed by atoms with Crippen molar-refractivity contribution in [2.45, 2.75) is 84.2 Å². The van der Waals surface area contributed by atoms with Gasteiger partial charge in [-0.25, -0.2) is 0 Å². The van der Waals surface area contributed by atoms with E-state index in [4.69, 9.17) is 0 Å². The second kappa shape index (κ2) is 9.59. The molecule has 3 aliphatic heterocycles. The van der Waals surface area contributed by atoms with E-state index in [1.54, 1.807) is 11.8 Å². The summed E-state index contributed by atoms with van der Waals surface area (Å²) in [4.78, 5) is 31.9. The summed E-state index contributed by atoms with van der Waals surface area (Å²) in [7, 11) is 0. The topological polar surface area (TPSA) is 81.7 Å². The van der Waals surface area contributed by atoms with Gasteiger partial charge in [0.15, 0.2) is 0 Å². The molecule has 36 heavy (non-hydrogen) atoms. The molecule has 2 amide bonds. The number of nitrogens with one attached hydrogen (secondary N) is 1. The second-order valence-corrected chi connectivity index (χ2v) is 12.3. The van der Waals surface area contributed by atoms with Crippen molar-refractivity contribution < 1.29 is 18.4 Å². The highest BCUT2D eigenvalue weighted by atomic mass is 19.3. The Morgan fingerprint density at radius 2 is 1.94 bits per heavy atom. The van der Waals surface area contributed by atoms with Crippen LogP contribution in [0.1, 0.15) is 72.2 Å². The van der Waals surface area contributed by atoms with Crippen LogP contribution in [-0.4, -0.2) is 83.2 Å². The van der Waals surface area contributed by atoms with E-state index in [0.29, 0.717) is 56.9 Å². The Labute approximate surface area is 212 Å². The lowest BCUT2D eigenvalue weighted by molar-refractivity contribution is -0.128. The van der Waals surface area contributed by atoms with Crippen LogP contribution in [0.5, 0.6) is 0 Å². The first-order chi connectivity index (χ1) is 16.7. The lowest BCUT2D eigenvalue weighted by atomic mass is 9.91. The number of rotatable bonds is 7. The standard InChI is InChI=1S/C26H40F2N6O2/c1-7-8-26(27,28)20-9-19-23(31-30-20)25(5,6)16-34(19)22(36)14-32-12-17(2)29-11-18(32)13-33-15-24(3,4)10-21(33)35/h9,17-18,29H,7-8,10-16H2,1-6H3/t17-,18-/m1/s1. The fourth-order valence-corrected chi connectivity index (χ4v) is 5.74. The third-order valence-electron chi connectivity index (χ3n) is 7.60. The number of likely N-dealkylation sites (tertiary alicyclic amines) is 1. The normalized spacial score (nSPS) is 25.9. The van der Waals surface area contributed by atoms with Crippen LogP contribution in [0.25, 0.3) is 0 Å². The van der Waals surface area contributed by atoms with Gasteiger partial charge >= 0.3 is 0 Å². The van der Waals surface area contributed by atoms with E-state index < -0.39 is 11.3 Å². The van der Waals surface area contributed by atoms with Gasteiger partial charge in [0.05, 0.1) is 17.9 Å². The van der Waals surface area contributed by atoms with Gasteiger partial charge in [0, 0.05) is 63.1 Å². The average Bonchev–Trinajstić information content (AvgIpc) is 3.20. The van der Waals surface area contributed by atoms with Crippen molar-refractivity contribution in [3.05, 3.63) is 17.5 Å². The molecule has 200 valence electrons. The quantitative estimate of drug-likeness (QED) is 0.613. The molecule has 0 spiro atoms. The van der Waals surface area contributed by atoms with Gasteiger partial charge in [0.1, 0.15) is 5.69 Å². The molecule has 0 saturated carbocycles. The molecular weight excluding hydrogens is 466 g/mol. The molecule has 0 radical (unpaired) electrons. The number of hydrogen-bond donors (Lipinski definition) is 1. The highest BCUT2D eigenvalue weighted by Crippen LogP contribution is 2.42. The van der Waals surface area contributed by atoms with Crippen LogP contribution < -0.4 is 10.2 Å². The number of carbonyl (C=O) groups excluding carboxylic acids is 2. The summed E-state index contributed by atoms with van der Waals surface area (Å²) in [5, 5.41) is 11.5. The fraction of sp³-hybridized carbons (Fsp3) is 0.769. The number of piperazine rings is 1. The number of alkyl halides is 2. The van der Waals surface area contributed by atoms with Gasteiger partial charge in [0.25, 0.3) is 5.92 Å². The molecule has 0 bridgehead atoms. The smallest absolute Gasteiger partial charge is 0.291 e.